The lowest BCUT2D eigenvalue weighted by atomic mass is 10.3. The zero-order valence-electron chi connectivity index (χ0n) is 9.46. The molecule has 0 aliphatic carbocycles. The number of hydrogen-bond acceptors (Lipinski definition) is 5. The maximum Gasteiger partial charge on any atom is 0.166 e. The molecule has 6 nitrogen and oxygen atoms in total. The van der Waals surface area contributed by atoms with Gasteiger partial charge in [-0.1, -0.05) is 0 Å². The molecular weight excluding hydrogens is 216 g/mol. The second-order valence-corrected chi connectivity index (χ2v) is 3.61. The lowest BCUT2D eigenvalue weighted by Crippen LogP contribution is -2.12. The Labute approximate surface area is 98.9 Å². The Morgan fingerprint density at radius 2 is 2.41 bits per heavy atom. The Hall–Kier alpha value is -2.42. The minimum absolute atomic E-state index is 0.497. The second-order valence-electron chi connectivity index (χ2n) is 3.61. The lowest BCUT2D eigenvalue weighted by molar-refractivity contribution is 0.636. The standard InChI is InChI=1S/C11H12N6/c1-9-7-15-17(8-9)5-4-13-11-10(6-12)2-3-14-16-11/h2-3,7-8H,4-5H2,1H3,(H,13,16). The van der Waals surface area contributed by atoms with Gasteiger partial charge in [0.1, 0.15) is 6.07 Å². The summed E-state index contributed by atoms with van der Waals surface area (Å²) in [5, 5.41) is 23.7. The van der Waals surface area contributed by atoms with Crippen molar-refractivity contribution in [3.63, 3.8) is 0 Å². The summed E-state index contributed by atoms with van der Waals surface area (Å²) in [6, 6.07) is 3.69. The average molecular weight is 228 g/mol. The van der Waals surface area contributed by atoms with Crippen LogP contribution in [0.25, 0.3) is 0 Å². The quantitative estimate of drug-likeness (QED) is 0.843. The van der Waals surface area contributed by atoms with Gasteiger partial charge in [-0.15, -0.1) is 5.10 Å². The molecule has 2 aromatic heterocycles. The Balaban J connectivity index is 1.92. The van der Waals surface area contributed by atoms with Crippen molar-refractivity contribution in [1.82, 2.24) is 20.0 Å². The van der Waals surface area contributed by atoms with E-state index < -0.39 is 0 Å². The first-order valence-electron chi connectivity index (χ1n) is 5.24. The monoisotopic (exact) mass is 228 g/mol. The highest BCUT2D eigenvalue weighted by Crippen LogP contribution is 2.07. The molecule has 86 valence electrons. The fourth-order valence-corrected chi connectivity index (χ4v) is 1.43. The number of anilines is 1. The summed E-state index contributed by atoms with van der Waals surface area (Å²) in [7, 11) is 0. The van der Waals surface area contributed by atoms with Gasteiger partial charge in [-0.3, -0.25) is 4.68 Å². The van der Waals surface area contributed by atoms with Crippen LogP contribution in [0.1, 0.15) is 11.1 Å². The average Bonchev–Trinajstić information content (AvgIpc) is 2.76. The van der Waals surface area contributed by atoms with E-state index in [1.54, 1.807) is 6.07 Å². The molecule has 0 aliphatic heterocycles. The van der Waals surface area contributed by atoms with Crippen molar-refractivity contribution < 1.29 is 0 Å². The third kappa shape index (κ3) is 2.78. The molecule has 2 aromatic rings. The molecule has 6 heteroatoms. The van der Waals surface area contributed by atoms with Gasteiger partial charge in [-0.25, -0.2) is 0 Å². The van der Waals surface area contributed by atoms with Gasteiger partial charge in [0.15, 0.2) is 5.82 Å². The summed E-state index contributed by atoms with van der Waals surface area (Å²) in [6.07, 6.45) is 5.27. The lowest BCUT2D eigenvalue weighted by Gasteiger charge is -2.05. The number of nitrogens with one attached hydrogen (secondary N) is 1. The third-order valence-corrected chi connectivity index (χ3v) is 2.24. The van der Waals surface area contributed by atoms with E-state index >= 15 is 0 Å². The highest BCUT2D eigenvalue weighted by molar-refractivity contribution is 5.49. The molecule has 0 saturated heterocycles. The Bertz CT molecular complexity index is 539. The number of hydrogen-bond donors (Lipinski definition) is 1. The van der Waals surface area contributed by atoms with Gasteiger partial charge in [-0.05, 0) is 18.6 Å². The fraction of sp³-hybridized carbons (Fsp3) is 0.273. The van der Waals surface area contributed by atoms with Gasteiger partial charge in [-0.2, -0.15) is 15.5 Å². The molecule has 0 fully saturated rings. The van der Waals surface area contributed by atoms with Crippen LogP contribution >= 0.6 is 0 Å². The van der Waals surface area contributed by atoms with Crippen LogP contribution in [0.2, 0.25) is 0 Å². The largest absolute Gasteiger partial charge is 0.366 e. The van der Waals surface area contributed by atoms with Crippen LogP contribution < -0.4 is 5.32 Å². The number of nitrogens with zero attached hydrogens (tertiary/aromatic N) is 5. The van der Waals surface area contributed by atoms with E-state index in [0.29, 0.717) is 17.9 Å². The maximum atomic E-state index is 8.86. The van der Waals surface area contributed by atoms with Crippen molar-refractivity contribution in [2.75, 3.05) is 11.9 Å². The fourth-order valence-electron chi connectivity index (χ4n) is 1.43. The molecule has 17 heavy (non-hydrogen) atoms. The molecule has 2 rings (SSSR count). The summed E-state index contributed by atoms with van der Waals surface area (Å²) >= 11 is 0. The SMILES string of the molecule is Cc1cnn(CCNc2nnccc2C#N)c1. The number of rotatable bonds is 4. The number of aryl methyl sites for hydroxylation is 1. The van der Waals surface area contributed by atoms with E-state index in [9.17, 15) is 0 Å². The predicted molar refractivity (Wildman–Crippen MR) is 62.2 cm³/mol. The molecule has 0 aromatic carbocycles. The van der Waals surface area contributed by atoms with Crippen LogP contribution in [0.4, 0.5) is 5.82 Å². The molecule has 0 spiro atoms. The molecule has 0 bridgehead atoms. The van der Waals surface area contributed by atoms with Crippen molar-refractivity contribution in [3.8, 4) is 6.07 Å². The molecule has 0 unspecified atom stereocenters. The number of aromatic nitrogens is 4. The number of nitriles is 1. The molecule has 0 atom stereocenters. The van der Waals surface area contributed by atoms with Gasteiger partial charge in [0.05, 0.1) is 24.5 Å². The van der Waals surface area contributed by atoms with Crippen molar-refractivity contribution in [1.29, 1.82) is 5.26 Å². The van der Waals surface area contributed by atoms with Crippen molar-refractivity contribution in [2.24, 2.45) is 0 Å². The van der Waals surface area contributed by atoms with Crippen LogP contribution in [0.3, 0.4) is 0 Å². The first kappa shape index (κ1) is 11.1. The first-order chi connectivity index (χ1) is 8.29. The van der Waals surface area contributed by atoms with Crippen molar-refractivity contribution >= 4 is 5.82 Å². The third-order valence-electron chi connectivity index (χ3n) is 2.24. The van der Waals surface area contributed by atoms with Gasteiger partial charge in [0, 0.05) is 12.7 Å². The normalized spacial score (nSPS) is 9.88. The Morgan fingerprint density at radius 3 is 3.12 bits per heavy atom. The highest BCUT2D eigenvalue weighted by atomic mass is 15.3. The van der Waals surface area contributed by atoms with Gasteiger partial charge >= 0.3 is 0 Å². The molecule has 0 radical (unpaired) electrons. The minimum Gasteiger partial charge on any atom is -0.366 e. The van der Waals surface area contributed by atoms with E-state index in [0.717, 1.165) is 12.1 Å². The molecule has 1 N–H and O–H groups in total. The van der Waals surface area contributed by atoms with Crippen LogP contribution in [0, 0.1) is 18.3 Å². The predicted octanol–water partition coefficient (Wildman–Crippen LogP) is 0.965. The van der Waals surface area contributed by atoms with E-state index in [-0.39, 0.29) is 0 Å². The summed E-state index contributed by atoms with van der Waals surface area (Å²) in [5.74, 6) is 0.513. The summed E-state index contributed by atoms with van der Waals surface area (Å²) in [4.78, 5) is 0. The second kappa shape index (κ2) is 5.07. The molecule has 0 aliphatic rings. The first-order valence-corrected chi connectivity index (χ1v) is 5.24. The van der Waals surface area contributed by atoms with E-state index in [2.05, 4.69) is 26.7 Å². The molecule has 0 saturated carbocycles. The van der Waals surface area contributed by atoms with Crippen LogP contribution in [-0.4, -0.2) is 26.5 Å². The maximum absolute atomic E-state index is 8.86. The Morgan fingerprint density at radius 1 is 1.53 bits per heavy atom. The topological polar surface area (TPSA) is 79.4 Å². The zero-order valence-corrected chi connectivity index (χ0v) is 9.46. The van der Waals surface area contributed by atoms with Crippen LogP contribution in [-0.2, 0) is 6.54 Å². The zero-order chi connectivity index (χ0) is 12.1. The van der Waals surface area contributed by atoms with Gasteiger partial charge < -0.3 is 5.32 Å². The molecular formula is C11H12N6. The highest BCUT2D eigenvalue weighted by Gasteiger charge is 2.02. The molecule has 0 amide bonds. The summed E-state index contributed by atoms with van der Waals surface area (Å²) in [6.45, 7) is 3.36. The van der Waals surface area contributed by atoms with Gasteiger partial charge in [0.25, 0.3) is 0 Å². The van der Waals surface area contributed by atoms with E-state index in [1.165, 1.54) is 6.20 Å². The Kier molecular flexibility index (Phi) is 3.31. The van der Waals surface area contributed by atoms with Crippen LogP contribution in [0.15, 0.2) is 24.7 Å². The van der Waals surface area contributed by atoms with Crippen LogP contribution in [0.5, 0.6) is 0 Å². The van der Waals surface area contributed by atoms with Gasteiger partial charge in [0.2, 0.25) is 0 Å². The minimum atomic E-state index is 0.497. The van der Waals surface area contributed by atoms with Crippen molar-refractivity contribution in [3.05, 3.63) is 35.8 Å². The van der Waals surface area contributed by atoms with Crippen molar-refractivity contribution in [2.45, 2.75) is 13.5 Å². The summed E-state index contributed by atoms with van der Waals surface area (Å²) < 4.78 is 1.84. The van der Waals surface area contributed by atoms with E-state index in [4.69, 9.17) is 5.26 Å². The molecule has 2 heterocycles. The summed E-state index contributed by atoms with van der Waals surface area (Å²) in [5.41, 5.74) is 1.62. The smallest absolute Gasteiger partial charge is 0.166 e. The van der Waals surface area contributed by atoms with E-state index in [1.807, 2.05) is 24.0 Å².